The van der Waals surface area contributed by atoms with E-state index in [0.717, 1.165) is 5.56 Å². The molecule has 3 N–H and O–H groups in total. The fraction of sp³-hybridized carbons (Fsp3) is 0.542. The molecule has 206 valence electrons. The molecular weight excluding hydrogens is 545 g/mol. The minimum absolute atomic E-state index is 0.131. The third-order valence-corrected chi connectivity index (χ3v) is 9.70. The maximum atomic E-state index is 13.6. The Bertz CT molecular complexity index is 1340. The van der Waals surface area contributed by atoms with Crippen LogP contribution in [0.15, 0.2) is 46.8 Å². The summed E-state index contributed by atoms with van der Waals surface area (Å²) in [5, 5.41) is 5.90. The lowest BCUT2D eigenvalue weighted by molar-refractivity contribution is -0.151. The number of imidazole rings is 1. The van der Waals surface area contributed by atoms with Gasteiger partial charge in [-0.1, -0.05) is 23.7 Å². The lowest BCUT2D eigenvalue weighted by Crippen LogP contribution is -2.78. The predicted molar refractivity (Wildman–Crippen MR) is 134 cm³/mol. The number of halogens is 4. The number of amidine groups is 1. The lowest BCUT2D eigenvalue weighted by Gasteiger charge is -2.72. The van der Waals surface area contributed by atoms with Gasteiger partial charge in [-0.15, -0.1) is 0 Å². The van der Waals surface area contributed by atoms with E-state index in [4.69, 9.17) is 16.6 Å². The van der Waals surface area contributed by atoms with E-state index >= 15 is 0 Å². The predicted octanol–water partition coefficient (Wildman–Crippen LogP) is 3.39. The van der Waals surface area contributed by atoms with E-state index in [2.05, 4.69) is 20.6 Å². The first kappa shape index (κ1) is 26.9. The summed E-state index contributed by atoms with van der Waals surface area (Å²) >= 11 is 6.01. The average Bonchev–Trinajstić information content (AvgIpc) is 3.40. The molecule has 2 aromatic rings. The van der Waals surface area contributed by atoms with Gasteiger partial charge in [-0.2, -0.15) is 17.5 Å². The number of nitrogens with one attached hydrogen (secondary N) is 3. The van der Waals surface area contributed by atoms with Crippen molar-refractivity contribution in [2.45, 2.75) is 74.5 Å². The highest BCUT2D eigenvalue weighted by Crippen LogP contribution is 2.71. The van der Waals surface area contributed by atoms with Gasteiger partial charge in [0.25, 0.3) is 10.0 Å². The standard InChI is InChI=1S/C24H28ClF3N6O3S/c1-21(2)17(18(35)29-8-7-24(26,27)28)32-19(33-21)22-12-23(13-22,14-22)34(11-15-3-5-16(25)6-4-15)38(36,37)20-30-9-10-31-20/h3-6,9-10,17H,7-8,11-14H2,1-2H3,(H,29,35)(H,30,31)(H,32,33)/t17-,22?,23?/m0/s1. The number of hydrogen-bond acceptors (Lipinski definition) is 6. The van der Waals surface area contributed by atoms with Crippen LogP contribution in [-0.4, -0.2) is 64.3 Å². The number of alkyl halides is 3. The first-order valence-corrected chi connectivity index (χ1v) is 14.0. The highest BCUT2D eigenvalue weighted by Gasteiger charge is 2.75. The number of amides is 1. The Balaban J connectivity index is 1.31. The summed E-state index contributed by atoms with van der Waals surface area (Å²) in [4.78, 5) is 24.1. The maximum Gasteiger partial charge on any atom is 0.390 e. The molecule has 1 amide bonds. The SMILES string of the molecule is CC1(C)N=C(C23CC(N(Cc4ccc(Cl)cc4)S(=O)(=O)c4ncc[nH]4)(C2)C3)N[C@H]1C(=O)NCCC(F)(F)F. The fourth-order valence-electron chi connectivity index (χ4n) is 5.80. The molecule has 3 aliphatic carbocycles. The van der Waals surface area contributed by atoms with Crippen molar-refractivity contribution >= 4 is 33.4 Å². The largest absolute Gasteiger partial charge is 0.390 e. The molecular formula is C24H28ClF3N6O3S. The zero-order valence-electron chi connectivity index (χ0n) is 20.8. The molecule has 0 unspecified atom stereocenters. The van der Waals surface area contributed by atoms with Crippen LogP contribution in [0.2, 0.25) is 5.02 Å². The summed E-state index contributed by atoms with van der Waals surface area (Å²) in [7, 11) is -3.95. The van der Waals surface area contributed by atoms with Gasteiger partial charge in [-0.25, -0.2) is 13.4 Å². The van der Waals surface area contributed by atoms with Crippen molar-refractivity contribution in [2.75, 3.05) is 6.54 Å². The van der Waals surface area contributed by atoms with Crippen LogP contribution in [0.5, 0.6) is 0 Å². The molecule has 1 aromatic carbocycles. The van der Waals surface area contributed by atoms with Crippen LogP contribution in [0.3, 0.4) is 0 Å². The van der Waals surface area contributed by atoms with E-state index < -0.39 is 57.6 Å². The van der Waals surface area contributed by atoms with Crippen LogP contribution in [0.1, 0.15) is 45.1 Å². The quantitative estimate of drug-likeness (QED) is 0.425. The van der Waals surface area contributed by atoms with Crippen molar-refractivity contribution in [1.82, 2.24) is 24.9 Å². The van der Waals surface area contributed by atoms with Crippen LogP contribution >= 0.6 is 11.6 Å². The Morgan fingerprint density at radius 1 is 1.21 bits per heavy atom. The summed E-state index contributed by atoms with van der Waals surface area (Å²) in [5.74, 6) is 0.0475. The topological polar surface area (TPSA) is 120 Å². The second-order valence-electron chi connectivity index (χ2n) is 10.9. The van der Waals surface area contributed by atoms with Crippen molar-refractivity contribution < 1.29 is 26.4 Å². The summed E-state index contributed by atoms with van der Waals surface area (Å²) in [6, 6.07) is 6.14. The number of benzene rings is 1. The molecule has 2 heterocycles. The molecule has 0 saturated heterocycles. The number of aliphatic imine (C=N–C) groups is 1. The minimum atomic E-state index is -4.36. The van der Waals surface area contributed by atoms with Crippen LogP contribution in [-0.2, 0) is 21.4 Å². The van der Waals surface area contributed by atoms with Crippen molar-refractivity contribution in [3.8, 4) is 0 Å². The summed E-state index contributed by atoms with van der Waals surface area (Å²) in [6.07, 6.45) is -1.14. The van der Waals surface area contributed by atoms with Gasteiger partial charge >= 0.3 is 6.18 Å². The number of rotatable bonds is 9. The molecule has 38 heavy (non-hydrogen) atoms. The second-order valence-corrected chi connectivity index (χ2v) is 13.1. The minimum Gasteiger partial charge on any atom is -0.360 e. The van der Waals surface area contributed by atoms with Crippen molar-refractivity contribution in [2.24, 2.45) is 10.4 Å². The van der Waals surface area contributed by atoms with E-state index in [9.17, 15) is 26.4 Å². The van der Waals surface area contributed by atoms with Crippen LogP contribution in [0, 0.1) is 5.41 Å². The smallest absolute Gasteiger partial charge is 0.360 e. The molecule has 3 fully saturated rings. The molecule has 3 saturated carbocycles. The number of aromatic nitrogens is 2. The highest BCUT2D eigenvalue weighted by molar-refractivity contribution is 7.89. The Hall–Kier alpha value is -2.64. The summed E-state index contributed by atoms with van der Waals surface area (Å²) in [6.45, 7) is 3.11. The Kier molecular flexibility index (Phi) is 6.35. The maximum absolute atomic E-state index is 13.6. The van der Waals surface area contributed by atoms with Crippen LogP contribution < -0.4 is 10.6 Å². The first-order chi connectivity index (χ1) is 17.7. The van der Waals surface area contributed by atoms with Crippen molar-refractivity contribution in [3.63, 3.8) is 0 Å². The van der Waals surface area contributed by atoms with Gasteiger partial charge < -0.3 is 15.6 Å². The van der Waals surface area contributed by atoms with Gasteiger partial charge in [-0.05, 0) is 50.8 Å². The number of nitrogens with zero attached hydrogens (tertiary/aromatic N) is 3. The van der Waals surface area contributed by atoms with Crippen LogP contribution in [0.4, 0.5) is 13.2 Å². The number of carbonyl (C=O) groups is 1. The monoisotopic (exact) mass is 572 g/mol. The van der Waals surface area contributed by atoms with E-state index in [1.807, 2.05) is 0 Å². The van der Waals surface area contributed by atoms with E-state index in [1.54, 1.807) is 38.1 Å². The molecule has 0 spiro atoms. The van der Waals surface area contributed by atoms with Crippen molar-refractivity contribution in [3.05, 3.63) is 47.2 Å². The number of hydrogen-bond donors (Lipinski definition) is 3. The number of sulfonamides is 1. The van der Waals surface area contributed by atoms with Crippen LogP contribution in [0.25, 0.3) is 0 Å². The van der Waals surface area contributed by atoms with Gasteiger partial charge in [0.1, 0.15) is 11.9 Å². The average molecular weight is 573 g/mol. The van der Waals surface area contributed by atoms with E-state index in [-0.39, 0.29) is 11.7 Å². The first-order valence-electron chi connectivity index (χ1n) is 12.1. The Morgan fingerprint density at radius 2 is 1.87 bits per heavy atom. The molecule has 0 radical (unpaired) electrons. The molecule has 9 nitrogen and oxygen atoms in total. The van der Waals surface area contributed by atoms with Crippen molar-refractivity contribution in [1.29, 1.82) is 0 Å². The third-order valence-electron chi connectivity index (χ3n) is 7.64. The molecule has 1 aromatic heterocycles. The molecule has 14 heteroatoms. The van der Waals surface area contributed by atoms with Gasteiger partial charge in [0.2, 0.25) is 11.1 Å². The number of carbonyl (C=O) groups excluding carboxylic acids is 1. The van der Waals surface area contributed by atoms with E-state index in [0.29, 0.717) is 30.1 Å². The second kappa shape index (κ2) is 8.95. The zero-order valence-corrected chi connectivity index (χ0v) is 22.3. The summed E-state index contributed by atoms with van der Waals surface area (Å²) < 4.78 is 66.2. The molecule has 4 aliphatic rings. The molecule has 1 atom stereocenters. The highest BCUT2D eigenvalue weighted by atomic mass is 35.5. The zero-order chi connectivity index (χ0) is 27.6. The normalized spacial score (nSPS) is 27.8. The van der Waals surface area contributed by atoms with Gasteiger partial charge in [0.15, 0.2) is 0 Å². The van der Waals surface area contributed by atoms with E-state index in [1.165, 1.54) is 16.7 Å². The summed E-state index contributed by atoms with van der Waals surface area (Å²) in [5.41, 5.74) is -1.16. The number of aromatic amines is 1. The van der Waals surface area contributed by atoms with Gasteiger partial charge in [0.05, 0.1) is 12.0 Å². The fourth-order valence-corrected chi connectivity index (χ4v) is 7.56. The molecule has 1 aliphatic heterocycles. The van der Waals surface area contributed by atoms with Gasteiger partial charge in [0, 0.05) is 41.5 Å². The lowest BCUT2D eigenvalue weighted by atomic mass is 9.38. The third kappa shape index (κ3) is 4.68. The Labute approximate surface area is 223 Å². The Morgan fingerprint density at radius 3 is 2.45 bits per heavy atom. The number of H-pyrrole nitrogens is 1. The van der Waals surface area contributed by atoms with Gasteiger partial charge in [-0.3, -0.25) is 9.79 Å². The molecule has 6 rings (SSSR count). The molecule has 2 bridgehead atoms.